The van der Waals surface area contributed by atoms with Gasteiger partial charge < -0.3 is 4.98 Å². The number of aromatic nitrogens is 1. The van der Waals surface area contributed by atoms with Crippen molar-refractivity contribution in [2.75, 3.05) is 6.54 Å². The second-order valence-electron chi connectivity index (χ2n) is 4.86. The summed E-state index contributed by atoms with van der Waals surface area (Å²) < 4.78 is 26.8. The Hall–Kier alpha value is -2.11. The second-order valence-corrected chi connectivity index (χ2v) is 6.63. The lowest BCUT2D eigenvalue weighted by Gasteiger charge is -2.07. The quantitative estimate of drug-likeness (QED) is 0.761. The molecule has 3 aromatic rings. The molecule has 0 amide bonds. The third kappa shape index (κ3) is 3.15. The molecule has 4 nitrogen and oxygen atoms in total. The number of benzene rings is 2. The fourth-order valence-electron chi connectivity index (χ4n) is 2.26. The molecule has 0 aliphatic carbocycles. The first-order valence-corrected chi connectivity index (χ1v) is 8.24. The highest BCUT2D eigenvalue weighted by atomic mass is 32.2. The Kier molecular flexibility index (Phi) is 3.77. The molecular formula is C16H16N2O2S. The highest BCUT2D eigenvalue weighted by Crippen LogP contribution is 2.14. The van der Waals surface area contributed by atoms with Crippen molar-refractivity contribution in [3.63, 3.8) is 0 Å². The number of H-pyrrole nitrogens is 1. The first-order chi connectivity index (χ1) is 10.1. The maximum Gasteiger partial charge on any atom is 0.240 e. The van der Waals surface area contributed by atoms with Gasteiger partial charge in [-0.2, -0.15) is 0 Å². The molecule has 0 aliphatic rings. The summed E-state index contributed by atoms with van der Waals surface area (Å²) in [5.74, 6) is 0. The van der Waals surface area contributed by atoms with Crippen molar-refractivity contribution in [1.29, 1.82) is 0 Å². The molecule has 0 atom stereocenters. The van der Waals surface area contributed by atoms with Crippen LogP contribution in [0.5, 0.6) is 0 Å². The van der Waals surface area contributed by atoms with Gasteiger partial charge >= 0.3 is 0 Å². The van der Waals surface area contributed by atoms with Crippen molar-refractivity contribution in [2.45, 2.75) is 11.3 Å². The van der Waals surface area contributed by atoms with Crippen LogP contribution < -0.4 is 4.72 Å². The molecule has 108 valence electrons. The van der Waals surface area contributed by atoms with Crippen molar-refractivity contribution in [3.05, 3.63) is 66.4 Å². The van der Waals surface area contributed by atoms with E-state index in [-0.39, 0.29) is 0 Å². The molecule has 0 fully saturated rings. The molecule has 0 saturated heterocycles. The van der Waals surface area contributed by atoms with E-state index in [0.717, 1.165) is 16.5 Å². The Labute approximate surface area is 123 Å². The molecule has 21 heavy (non-hydrogen) atoms. The number of nitrogens with one attached hydrogen (secondary N) is 2. The minimum absolute atomic E-state index is 0.296. The van der Waals surface area contributed by atoms with Crippen LogP contribution in [0, 0.1) is 0 Å². The molecule has 0 spiro atoms. The zero-order valence-electron chi connectivity index (χ0n) is 11.4. The third-order valence-electron chi connectivity index (χ3n) is 3.38. The standard InChI is InChI=1S/C16H16N2O2S/c19-21(20,15-4-2-1-3-5-15)18-11-8-13-6-7-14-9-10-17-16(14)12-13/h1-7,9-10,12,17-18H,8,11H2. The van der Waals surface area contributed by atoms with E-state index in [1.165, 1.54) is 0 Å². The molecule has 0 unspecified atom stereocenters. The lowest BCUT2D eigenvalue weighted by molar-refractivity contribution is 0.581. The molecule has 0 saturated carbocycles. The summed E-state index contributed by atoms with van der Waals surface area (Å²) in [6.45, 7) is 0.378. The Bertz CT molecular complexity index is 839. The summed E-state index contributed by atoms with van der Waals surface area (Å²) >= 11 is 0. The summed E-state index contributed by atoms with van der Waals surface area (Å²) in [5, 5.41) is 1.16. The van der Waals surface area contributed by atoms with Gasteiger partial charge in [0.05, 0.1) is 4.90 Å². The molecule has 2 N–H and O–H groups in total. The van der Waals surface area contributed by atoms with Crippen LogP contribution in [0.25, 0.3) is 10.9 Å². The molecule has 0 radical (unpaired) electrons. The molecule has 1 aromatic heterocycles. The normalized spacial score (nSPS) is 11.8. The van der Waals surface area contributed by atoms with E-state index in [1.54, 1.807) is 30.3 Å². The SMILES string of the molecule is O=S(=O)(NCCc1ccc2cc[nH]c2c1)c1ccccc1. The summed E-state index contributed by atoms with van der Waals surface area (Å²) in [7, 11) is -3.42. The van der Waals surface area contributed by atoms with E-state index in [4.69, 9.17) is 0 Å². The lowest BCUT2D eigenvalue weighted by atomic mass is 10.1. The molecule has 3 rings (SSSR count). The number of hydrogen-bond acceptors (Lipinski definition) is 2. The van der Waals surface area contributed by atoms with Crippen LogP contribution in [-0.2, 0) is 16.4 Å². The Morgan fingerprint density at radius 2 is 1.81 bits per heavy atom. The van der Waals surface area contributed by atoms with E-state index in [1.807, 2.05) is 30.5 Å². The van der Waals surface area contributed by atoms with Crippen LogP contribution in [0.2, 0.25) is 0 Å². The number of rotatable bonds is 5. The summed E-state index contributed by atoms with van der Waals surface area (Å²) in [5.41, 5.74) is 2.17. The Balaban J connectivity index is 1.65. The number of sulfonamides is 1. The monoisotopic (exact) mass is 300 g/mol. The summed E-state index contributed by atoms with van der Waals surface area (Å²) in [6.07, 6.45) is 2.55. The van der Waals surface area contributed by atoms with Crippen LogP contribution >= 0.6 is 0 Å². The second kappa shape index (κ2) is 5.71. The zero-order valence-corrected chi connectivity index (χ0v) is 12.2. The van der Waals surface area contributed by atoms with Gasteiger partial charge in [-0.25, -0.2) is 13.1 Å². The predicted octanol–water partition coefficient (Wildman–Crippen LogP) is 2.69. The maximum absolute atomic E-state index is 12.1. The van der Waals surface area contributed by atoms with Crippen LogP contribution in [0.15, 0.2) is 65.7 Å². The summed E-state index contributed by atoms with van der Waals surface area (Å²) in [6, 6.07) is 16.5. The van der Waals surface area contributed by atoms with Crippen LogP contribution in [0.1, 0.15) is 5.56 Å². The first-order valence-electron chi connectivity index (χ1n) is 6.76. The zero-order chi connectivity index (χ0) is 14.7. The minimum atomic E-state index is -3.42. The molecule has 2 aromatic carbocycles. The highest BCUT2D eigenvalue weighted by molar-refractivity contribution is 7.89. The van der Waals surface area contributed by atoms with Crippen molar-refractivity contribution in [3.8, 4) is 0 Å². The van der Waals surface area contributed by atoms with E-state index in [0.29, 0.717) is 17.9 Å². The van der Waals surface area contributed by atoms with E-state index in [9.17, 15) is 8.42 Å². The van der Waals surface area contributed by atoms with Gasteiger partial charge in [-0.3, -0.25) is 0 Å². The molecule has 0 aliphatic heterocycles. The van der Waals surface area contributed by atoms with E-state index in [2.05, 4.69) is 9.71 Å². The number of aromatic amines is 1. The average Bonchev–Trinajstić information content (AvgIpc) is 2.95. The van der Waals surface area contributed by atoms with Crippen molar-refractivity contribution in [2.24, 2.45) is 0 Å². The molecule has 1 heterocycles. The van der Waals surface area contributed by atoms with Gasteiger partial charge in [0, 0.05) is 18.3 Å². The molecular weight excluding hydrogens is 284 g/mol. The number of hydrogen-bond donors (Lipinski definition) is 2. The van der Waals surface area contributed by atoms with Gasteiger partial charge in [0.1, 0.15) is 0 Å². The fraction of sp³-hybridized carbons (Fsp3) is 0.125. The largest absolute Gasteiger partial charge is 0.361 e. The molecule has 5 heteroatoms. The Morgan fingerprint density at radius 3 is 2.62 bits per heavy atom. The van der Waals surface area contributed by atoms with Gasteiger partial charge in [0.2, 0.25) is 10.0 Å². The van der Waals surface area contributed by atoms with Gasteiger partial charge in [0.25, 0.3) is 0 Å². The van der Waals surface area contributed by atoms with Crippen LogP contribution in [0.4, 0.5) is 0 Å². The predicted molar refractivity (Wildman–Crippen MR) is 83.6 cm³/mol. The van der Waals surface area contributed by atoms with Crippen LogP contribution in [0.3, 0.4) is 0 Å². The van der Waals surface area contributed by atoms with Crippen molar-refractivity contribution in [1.82, 2.24) is 9.71 Å². The van der Waals surface area contributed by atoms with Crippen molar-refractivity contribution < 1.29 is 8.42 Å². The number of fused-ring (bicyclic) bond motifs is 1. The van der Waals surface area contributed by atoms with E-state index < -0.39 is 10.0 Å². The minimum Gasteiger partial charge on any atom is -0.361 e. The highest BCUT2D eigenvalue weighted by Gasteiger charge is 2.12. The maximum atomic E-state index is 12.1. The van der Waals surface area contributed by atoms with Crippen molar-refractivity contribution >= 4 is 20.9 Å². The third-order valence-corrected chi connectivity index (χ3v) is 4.86. The van der Waals surface area contributed by atoms with E-state index >= 15 is 0 Å². The first kappa shape index (κ1) is 13.9. The topological polar surface area (TPSA) is 62.0 Å². The van der Waals surface area contributed by atoms with Gasteiger partial charge in [0.15, 0.2) is 0 Å². The Morgan fingerprint density at radius 1 is 1.00 bits per heavy atom. The van der Waals surface area contributed by atoms with Gasteiger partial charge in [-0.15, -0.1) is 0 Å². The molecule has 0 bridgehead atoms. The van der Waals surface area contributed by atoms with Crippen LogP contribution in [-0.4, -0.2) is 19.9 Å². The lowest BCUT2D eigenvalue weighted by Crippen LogP contribution is -2.25. The van der Waals surface area contributed by atoms with Gasteiger partial charge in [-0.05, 0) is 41.6 Å². The fourth-order valence-corrected chi connectivity index (χ4v) is 3.32. The van der Waals surface area contributed by atoms with Gasteiger partial charge in [-0.1, -0.05) is 30.3 Å². The average molecular weight is 300 g/mol. The smallest absolute Gasteiger partial charge is 0.240 e. The summed E-state index contributed by atoms with van der Waals surface area (Å²) in [4.78, 5) is 3.45.